The summed E-state index contributed by atoms with van der Waals surface area (Å²) in [6.07, 6.45) is 0.390. The van der Waals surface area contributed by atoms with Crippen LogP contribution >= 0.6 is 11.9 Å². The third kappa shape index (κ3) is 6.22. The molecule has 0 heterocycles. The third-order valence-electron chi connectivity index (χ3n) is 5.42. The number of hydrogen-bond acceptors (Lipinski definition) is 7. The van der Waals surface area contributed by atoms with E-state index in [1.165, 1.54) is 25.1 Å². The zero-order chi connectivity index (χ0) is 25.5. The number of ether oxygens (including phenoxy) is 2. The van der Waals surface area contributed by atoms with Gasteiger partial charge < -0.3 is 14.2 Å². The second-order valence-corrected chi connectivity index (χ2v) is 8.91. The number of nitro groups is 1. The maximum absolute atomic E-state index is 12.5. The smallest absolute Gasteiger partial charge is 0.340 e. The number of benzene rings is 4. The molecule has 4 aromatic carbocycles. The van der Waals surface area contributed by atoms with Crippen molar-refractivity contribution in [3.8, 4) is 11.5 Å². The SMILES string of the molecule is COC(=O)c1cc(Oc2ccc([N+](=O)[O-])c(Cc3ccccc3)c2)ccc1NSc1ccc(C)cc1. The summed E-state index contributed by atoms with van der Waals surface area (Å²) in [7, 11) is 1.32. The van der Waals surface area contributed by atoms with E-state index in [4.69, 9.17) is 9.47 Å². The van der Waals surface area contributed by atoms with Gasteiger partial charge in [0.25, 0.3) is 5.69 Å². The van der Waals surface area contributed by atoms with Crippen LogP contribution < -0.4 is 9.46 Å². The van der Waals surface area contributed by atoms with E-state index in [-0.39, 0.29) is 5.69 Å². The van der Waals surface area contributed by atoms with Crippen LogP contribution in [-0.4, -0.2) is 18.0 Å². The van der Waals surface area contributed by atoms with Crippen molar-refractivity contribution in [1.29, 1.82) is 0 Å². The minimum atomic E-state index is -0.513. The second-order valence-electron chi connectivity index (χ2n) is 8.03. The molecule has 0 radical (unpaired) electrons. The lowest BCUT2D eigenvalue weighted by Crippen LogP contribution is -2.05. The standard InChI is InChI=1S/C28H24N2O5S/c1-19-8-12-24(13-9-19)36-29-26-14-10-23(18-25(26)28(31)34-2)35-22-11-15-27(30(32)33)21(17-22)16-20-6-4-3-5-7-20/h3-15,17-18,29H,16H2,1-2H3. The van der Waals surface area contributed by atoms with E-state index < -0.39 is 10.9 Å². The van der Waals surface area contributed by atoms with Gasteiger partial charge in [0.2, 0.25) is 0 Å². The molecule has 0 bridgehead atoms. The van der Waals surface area contributed by atoms with Gasteiger partial charge in [0, 0.05) is 22.9 Å². The Balaban J connectivity index is 1.57. The summed E-state index contributed by atoms with van der Waals surface area (Å²) >= 11 is 1.38. The molecule has 0 aromatic heterocycles. The van der Waals surface area contributed by atoms with E-state index in [1.54, 1.807) is 30.3 Å². The molecule has 4 rings (SSSR count). The zero-order valence-corrected chi connectivity index (χ0v) is 20.6. The van der Waals surface area contributed by atoms with E-state index in [0.717, 1.165) is 16.0 Å². The quantitative estimate of drug-likeness (QED) is 0.113. The van der Waals surface area contributed by atoms with E-state index in [2.05, 4.69) is 4.72 Å². The van der Waals surface area contributed by atoms with Crippen LogP contribution in [0.3, 0.4) is 0 Å². The molecule has 7 nitrogen and oxygen atoms in total. The first-order valence-electron chi connectivity index (χ1n) is 11.1. The lowest BCUT2D eigenvalue weighted by atomic mass is 10.0. The number of nitro benzene ring substituents is 1. The number of nitrogens with zero attached hydrogens (tertiary/aromatic N) is 1. The van der Waals surface area contributed by atoms with E-state index in [0.29, 0.717) is 34.7 Å². The van der Waals surface area contributed by atoms with Crippen LogP contribution in [0.1, 0.15) is 27.0 Å². The average molecular weight is 501 g/mol. The Morgan fingerprint density at radius 1 is 0.944 bits per heavy atom. The number of esters is 1. The molecule has 182 valence electrons. The first-order chi connectivity index (χ1) is 17.4. The molecule has 0 saturated carbocycles. The molecular formula is C28H24N2O5S. The number of aryl methyl sites for hydroxylation is 1. The van der Waals surface area contributed by atoms with Crippen LogP contribution in [0, 0.1) is 17.0 Å². The van der Waals surface area contributed by atoms with Gasteiger partial charge in [0.1, 0.15) is 11.5 Å². The van der Waals surface area contributed by atoms with Gasteiger partial charge in [-0.05, 0) is 66.9 Å². The van der Waals surface area contributed by atoms with Gasteiger partial charge in [-0.15, -0.1) is 0 Å². The number of hydrogen-bond donors (Lipinski definition) is 1. The van der Waals surface area contributed by atoms with Crippen molar-refractivity contribution in [2.24, 2.45) is 0 Å². The van der Waals surface area contributed by atoms with Gasteiger partial charge in [-0.2, -0.15) is 0 Å². The maximum Gasteiger partial charge on any atom is 0.340 e. The number of carbonyl (C=O) groups excluding carboxylic acids is 1. The summed E-state index contributed by atoms with van der Waals surface area (Å²) in [4.78, 5) is 24.6. The molecule has 8 heteroatoms. The predicted molar refractivity (Wildman–Crippen MR) is 141 cm³/mol. The Morgan fingerprint density at radius 2 is 1.64 bits per heavy atom. The van der Waals surface area contributed by atoms with E-state index in [9.17, 15) is 14.9 Å². The predicted octanol–water partition coefficient (Wildman–Crippen LogP) is 7.19. The van der Waals surface area contributed by atoms with Crippen LogP contribution in [-0.2, 0) is 11.2 Å². The molecule has 0 unspecified atom stereocenters. The number of rotatable bonds is 9. The van der Waals surface area contributed by atoms with Crippen molar-refractivity contribution in [1.82, 2.24) is 0 Å². The van der Waals surface area contributed by atoms with E-state index >= 15 is 0 Å². The normalized spacial score (nSPS) is 10.5. The average Bonchev–Trinajstić information content (AvgIpc) is 2.89. The van der Waals surface area contributed by atoms with Crippen molar-refractivity contribution < 1.29 is 19.2 Å². The molecule has 0 aliphatic carbocycles. The summed E-state index contributed by atoms with van der Waals surface area (Å²) in [6, 6.07) is 27.2. The number of anilines is 1. The first-order valence-corrected chi connectivity index (χ1v) is 12.0. The Labute approximate surface area is 213 Å². The fourth-order valence-corrected chi connectivity index (χ4v) is 4.25. The molecule has 0 saturated heterocycles. The van der Waals surface area contributed by atoms with Crippen molar-refractivity contribution >= 4 is 29.3 Å². The second kappa shape index (κ2) is 11.4. The highest BCUT2D eigenvalue weighted by Crippen LogP contribution is 2.33. The molecule has 0 aliphatic rings. The fourth-order valence-electron chi connectivity index (χ4n) is 3.57. The summed E-state index contributed by atoms with van der Waals surface area (Å²) in [5.41, 5.74) is 3.55. The fraction of sp³-hybridized carbons (Fsp3) is 0.107. The van der Waals surface area contributed by atoms with Crippen LogP contribution in [0.15, 0.2) is 95.9 Å². The van der Waals surface area contributed by atoms with Gasteiger partial charge in [-0.25, -0.2) is 4.79 Å². The van der Waals surface area contributed by atoms with Gasteiger partial charge in [0.15, 0.2) is 0 Å². The van der Waals surface area contributed by atoms with Crippen molar-refractivity contribution in [2.45, 2.75) is 18.2 Å². The lowest BCUT2D eigenvalue weighted by Gasteiger charge is -2.13. The molecular weight excluding hydrogens is 476 g/mol. The van der Waals surface area contributed by atoms with Gasteiger partial charge in [0.05, 0.1) is 23.3 Å². The summed E-state index contributed by atoms with van der Waals surface area (Å²) in [5, 5.41) is 11.6. The number of carbonyl (C=O) groups is 1. The molecule has 0 aliphatic heterocycles. The van der Waals surface area contributed by atoms with Crippen LogP contribution in [0.2, 0.25) is 0 Å². The highest BCUT2D eigenvalue weighted by Gasteiger charge is 2.17. The third-order valence-corrected chi connectivity index (χ3v) is 6.25. The maximum atomic E-state index is 12.5. The Bertz CT molecular complexity index is 1370. The van der Waals surface area contributed by atoms with Crippen LogP contribution in [0.4, 0.5) is 11.4 Å². The first kappa shape index (κ1) is 24.8. The summed E-state index contributed by atoms with van der Waals surface area (Å²) < 4.78 is 14.1. The van der Waals surface area contributed by atoms with Crippen molar-refractivity contribution in [3.05, 3.63) is 123 Å². The van der Waals surface area contributed by atoms with Crippen molar-refractivity contribution in [3.63, 3.8) is 0 Å². The highest BCUT2D eigenvalue weighted by molar-refractivity contribution is 8.00. The Kier molecular flexibility index (Phi) is 7.87. The summed E-state index contributed by atoms with van der Waals surface area (Å²) in [5.74, 6) is 0.318. The highest BCUT2D eigenvalue weighted by atomic mass is 32.2. The van der Waals surface area contributed by atoms with Gasteiger partial charge in [-0.3, -0.25) is 10.1 Å². The largest absolute Gasteiger partial charge is 0.465 e. The topological polar surface area (TPSA) is 90.7 Å². The lowest BCUT2D eigenvalue weighted by molar-refractivity contribution is -0.385. The molecule has 0 atom stereocenters. The number of methoxy groups -OCH3 is 1. The van der Waals surface area contributed by atoms with Crippen LogP contribution in [0.5, 0.6) is 11.5 Å². The minimum Gasteiger partial charge on any atom is -0.465 e. The van der Waals surface area contributed by atoms with Gasteiger partial charge in [-0.1, -0.05) is 48.0 Å². The molecule has 4 aromatic rings. The zero-order valence-electron chi connectivity index (χ0n) is 19.8. The molecule has 0 spiro atoms. The molecule has 1 N–H and O–H groups in total. The Morgan fingerprint density at radius 3 is 2.33 bits per heavy atom. The minimum absolute atomic E-state index is 0.0223. The molecule has 0 amide bonds. The number of nitrogens with one attached hydrogen (secondary N) is 1. The van der Waals surface area contributed by atoms with Crippen molar-refractivity contribution in [2.75, 3.05) is 11.8 Å². The Hall–Kier alpha value is -4.30. The van der Waals surface area contributed by atoms with Crippen LogP contribution in [0.25, 0.3) is 0 Å². The molecule has 0 fully saturated rings. The van der Waals surface area contributed by atoms with Gasteiger partial charge >= 0.3 is 5.97 Å². The summed E-state index contributed by atoms with van der Waals surface area (Å²) in [6.45, 7) is 2.02. The molecule has 36 heavy (non-hydrogen) atoms. The monoisotopic (exact) mass is 500 g/mol. The van der Waals surface area contributed by atoms with E-state index in [1.807, 2.05) is 61.5 Å².